The fraction of sp³-hybridized carbons (Fsp3) is 0.200. The van der Waals surface area contributed by atoms with Crippen LogP contribution >= 0.6 is 22.6 Å². The molecule has 46 valence electrons. The molecule has 0 aliphatic heterocycles. The summed E-state index contributed by atoms with van der Waals surface area (Å²) in [7, 11) is 1.42. The van der Waals surface area contributed by atoms with E-state index in [-0.39, 0.29) is 5.76 Å². The van der Waals surface area contributed by atoms with E-state index in [4.69, 9.17) is 0 Å². The Balaban J connectivity index is 3.72. The van der Waals surface area contributed by atoms with Crippen molar-refractivity contribution in [3.63, 3.8) is 0 Å². The average Bonchev–Trinajstić information content (AvgIpc) is 1.83. The van der Waals surface area contributed by atoms with Gasteiger partial charge in [0.25, 0.3) is 0 Å². The molecular weight excluding hydrogens is 222 g/mol. The molecule has 0 N–H and O–H groups in total. The van der Waals surface area contributed by atoms with Gasteiger partial charge in [0.2, 0.25) is 0 Å². The molecule has 0 spiro atoms. The minimum atomic E-state index is 0.236. The summed E-state index contributed by atoms with van der Waals surface area (Å²) in [5.74, 6) is 0.236. The highest BCUT2D eigenvalue weighted by Gasteiger charge is 1.83. The number of rotatable bonds is 2. The van der Waals surface area contributed by atoms with Gasteiger partial charge in [-0.15, -0.1) is 0 Å². The van der Waals surface area contributed by atoms with E-state index in [1.54, 1.807) is 4.08 Å². The Bertz CT molecular complexity index is 106. The van der Waals surface area contributed by atoms with Gasteiger partial charge in [0.05, 0.1) is 7.11 Å². The molecule has 0 saturated carbocycles. The first-order valence-electron chi connectivity index (χ1n) is 1.96. The molecule has 0 bridgehead atoms. The maximum Gasteiger partial charge on any atom is 0.147 e. The van der Waals surface area contributed by atoms with Gasteiger partial charge in [-0.3, -0.25) is 0 Å². The topological polar surface area (TPSA) is 9.23 Å². The third-order valence-corrected chi connectivity index (χ3v) is 0.930. The molecule has 0 atom stereocenters. The molecular formula is C5H6FIO. The molecule has 0 aliphatic carbocycles. The van der Waals surface area contributed by atoms with Gasteiger partial charge in [-0.2, -0.15) is 0 Å². The van der Waals surface area contributed by atoms with Crippen LogP contribution in [0.4, 0.5) is 4.39 Å². The molecule has 8 heavy (non-hydrogen) atoms. The quantitative estimate of drug-likeness (QED) is 0.400. The summed E-state index contributed by atoms with van der Waals surface area (Å²) >= 11 is 1.98. The normalized spacial score (nSPS) is 12.6. The van der Waals surface area contributed by atoms with Crippen LogP contribution in [0, 0.1) is 0 Å². The zero-order chi connectivity index (χ0) is 6.41. The Morgan fingerprint density at radius 3 is 2.50 bits per heavy atom. The van der Waals surface area contributed by atoms with Gasteiger partial charge in [-0.25, -0.2) is 4.39 Å². The SMILES string of the molecule is COC(/C=C\I)=C\F. The molecule has 0 heterocycles. The summed E-state index contributed by atoms with van der Waals surface area (Å²) in [4.78, 5) is 0. The molecule has 0 rings (SSSR count). The smallest absolute Gasteiger partial charge is 0.147 e. The molecule has 0 saturated heterocycles. The second-order valence-corrected chi connectivity index (χ2v) is 1.73. The van der Waals surface area contributed by atoms with Crippen molar-refractivity contribution >= 4 is 22.6 Å². The lowest BCUT2D eigenvalue weighted by Gasteiger charge is -1.92. The summed E-state index contributed by atoms with van der Waals surface area (Å²) in [6, 6.07) is 0. The molecule has 3 heteroatoms. The molecule has 0 fully saturated rings. The standard InChI is InChI=1S/C5H6FIO/c1-8-5(4-6)2-3-7/h2-4H,1H3/b3-2-,5-4-. The number of methoxy groups -OCH3 is 1. The van der Waals surface area contributed by atoms with Crippen LogP contribution in [0.5, 0.6) is 0 Å². The summed E-state index contributed by atoms with van der Waals surface area (Å²) in [5.41, 5.74) is 0. The summed E-state index contributed by atoms with van der Waals surface area (Å²) in [6.07, 6.45) is 1.94. The maximum absolute atomic E-state index is 11.5. The van der Waals surface area contributed by atoms with Crippen LogP contribution in [0.3, 0.4) is 0 Å². The van der Waals surface area contributed by atoms with Crippen molar-refractivity contribution in [1.29, 1.82) is 0 Å². The van der Waals surface area contributed by atoms with Crippen LogP contribution in [0.15, 0.2) is 22.2 Å². The van der Waals surface area contributed by atoms with Crippen molar-refractivity contribution in [2.75, 3.05) is 7.11 Å². The predicted molar refractivity (Wildman–Crippen MR) is 39.4 cm³/mol. The zero-order valence-electron chi connectivity index (χ0n) is 4.40. The summed E-state index contributed by atoms with van der Waals surface area (Å²) in [6.45, 7) is 0. The van der Waals surface area contributed by atoms with Crippen LogP contribution in [0.1, 0.15) is 0 Å². The largest absolute Gasteiger partial charge is 0.494 e. The fourth-order valence-corrected chi connectivity index (χ4v) is 0.565. The maximum atomic E-state index is 11.5. The lowest BCUT2D eigenvalue weighted by atomic mass is 10.5. The lowest BCUT2D eigenvalue weighted by molar-refractivity contribution is 0.299. The highest BCUT2D eigenvalue weighted by molar-refractivity contribution is 14.1. The Kier molecular flexibility index (Phi) is 5.05. The van der Waals surface area contributed by atoms with Gasteiger partial charge in [0.15, 0.2) is 0 Å². The summed E-state index contributed by atoms with van der Waals surface area (Å²) in [5, 5.41) is 0. The van der Waals surface area contributed by atoms with Crippen LogP contribution in [-0.4, -0.2) is 7.11 Å². The van der Waals surface area contributed by atoms with Gasteiger partial charge in [0.1, 0.15) is 12.1 Å². The predicted octanol–water partition coefficient (Wildman–Crippen LogP) is 2.39. The van der Waals surface area contributed by atoms with E-state index in [0.717, 1.165) is 0 Å². The molecule has 0 amide bonds. The van der Waals surface area contributed by atoms with Crippen molar-refractivity contribution in [2.24, 2.45) is 0 Å². The second kappa shape index (κ2) is 5.08. The van der Waals surface area contributed by atoms with Crippen LogP contribution in [0.2, 0.25) is 0 Å². The molecule has 0 radical (unpaired) electrons. The van der Waals surface area contributed by atoms with Crippen LogP contribution in [0.25, 0.3) is 0 Å². The zero-order valence-corrected chi connectivity index (χ0v) is 6.55. The molecule has 1 nitrogen and oxygen atoms in total. The van der Waals surface area contributed by atoms with E-state index in [1.807, 2.05) is 22.6 Å². The molecule has 0 aliphatic rings. The van der Waals surface area contributed by atoms with Gasteiger partial charge < -0.3 is 4.74 Å². The van der Waals surface area contributed by atoms with Gasteiger partial charge in [0, 0.05) is 0 Å². The molecule has 0 aromatic carbocycles. The van der Waals surface area contributed by atoms with Gasteiger partial charge in [-0.1, -0.05) is 22.6 Å². The Hall–Kier alpha value is -0.0600. The van der Waals surface area contributed by atoms with E-state index >= 15 is 0 Å². The van der Waals surface area contributed by atoms with Crippen LogP contribution < -0.4 is 0 Å². The van der Waals surface area contributed by atoms with Crippen molar-refractivity contribution in [1.82, 2.24) is 0 Å². The van der Waals surface area contributed by atoms with Crippen molar-refractivity contribution < 1.29 is 9.13 Å². The third-order valence-electron chi connectivity index (χ3n) is 0.571. The highest BCUT2D eigenvalue weighted by atomic mass is 127. The average molecular weight is 228 g/mol. The van der Waals surface area contributed by atoms with E-state index < -0.39 is 0 Å². The van der Waals surface area contributed by atoms with Crippen molar-refractivity contribution in [3.8, 4) is 0 Å². The van der Waals surface area contributed by atoms with E-state index in [9.17, 15) is 4.39 Å². The monoisotopic (exact) mass is 228 g/mol. The highest BCUT2D eigenvalue weighted by Crippen LogP contribution is 1.99. The fourth-order valence-electron chi connectivity index (χ4n) is 0.211. The number of ether oxygens (including phenoxy) is 1. The molecule has 0 aromatic heterocycles. The Labute approximate surface area is 61.4 Å². The Morgan fingerprint density at radius 2 is 2.38 bits per heavy atom. The minimum absolute atomic E-state index is 0.236. The van der Waals surface area contributed by atoms with Crippen molar-refractivity contribution in [3.05, 3.63) is 22.2 Å². The van der Waals surface area contributed by atoms with Gasteiger partial charge in [-0.05, 0) is 10.2 Å². The minimum Gasteiger partial charge on any atom is -0.494 e. The second-order valence-electron chi connectivity index (χ2n) is 1.01. The number of hydrogen-bond acceptors (Lipinski definition) is 1. The third kappa shape index (κ3) is 3.01. The van der Waals surface area contributed by atoms with Crippen LogP contribution in [-0.2, 0) is 4.74 Å². The lowest BCUT2D eigenvalue weighted by Crippen LogP contribution is -1.76. The van der Waals surface area contributed by atoms with Crippen molar-refractivity contribution in [2.45, 2.75) is 0 Å². The van der Waals surface area contributed by atoms with E-state index in [0.29, 0.717) is 6.33 Å². The summed E-state index contributed by atoms with van der Waals surface area (Å²) < 4.78 is 17.7. The van der Waals surface area contributed by atoms with E-state index in [2.05, 4.69) is 4.74 Å². The first-order chi connectivity index (χ1) is 3.85. The number of halogens is 2. The number of allylic oxidation sites excluding steroid dienone is 1. The number of hydrogen-bond donors (Lipinski definition) is 0. The Morgan fingerprint density at radius 1 is 1.75 bits per heavy atom. The first-order valence-corrected chi connectivity index (χ1v) is 3.21. The molecule has 0 aromatic rings. The van der Waals surface area contributed by atoms with E-state index in [1.165, 1.54) is 13.2 Å². The molecule has 0 unspecified atom stereocenters. The van der Waals surface area contributed by atoms with Gasteiger partial charge >= 0.3 is 0 Å². The first kappa shape index (κ1) is 7.94.